The summed E-state index contributed by atoms with van der Waals surface area (Å²) < 4.78 is 68.5. The molecule has 17 nitrogen and oxygen atoms in total. The molecule has 97 heavy (non-hydrogen) atoms. The Hall–Kier alpha value is -1.94. The number of hydrogen-bond donors (Lipinski definition) is 3. The van der Waals surface area contributed by atoms with Crippen LogP contribution in [0.4, 0.5) is 0 Å². The molecule has 0 aromatic heterocycles. The number of ether oxygens (including phenoxy) is 4. The van der Waals surface area contributed by atoms with Gasteiger partial charge in [-0.1, -0.05) is 350 Å². The highest BCUT2D eigenvalue weighted by atomic mass is 31.2. The fourth-order valence-corrected chi connectivity index (χ4v) is 13.5. The molecule has 0 aliphatic heterocycles. The number of rotatable bonds is 76. The molecule has 6 atom stereocenters. The third-order valence-electron chi connectivity index (χ3n) is 18.5. The highest BCUT2D eigenvalue weighted by Crippen LogP contribution is 2.45. The number of phosphoric acid groups is 2. The lowest BCUT2D eigenvalue weighted by Crippen LogP contribution is -2.30. The van der Waals surface area contributed by atoms with Gasteiger partial charge in [0.2, 0.25) is 0 Å². The third kappa shape index (κ3) is 70.9. The second-order valence-corrected chi connectivity index (χ2v) is 32.2. The van der Waals surface area contributed by atoms with E-state index in [1.165, 1.54) is 205 Å². The molecule has 3 N–H and O–H groups in total. The molecule has 19 heteroatoms. The maximum Gasteiger partial charge on any atom is 0.472 e. The predicted molar refractivity (Wildman–Crippen MR) is 395 cm³/mol. The van der Waals surface area contributed by atoms with Crippen LogP contribution in [0.1, 0.15) is 402 Å². The lowest BCUT2D eigenvalue weighted by atomic mass is 9.99. The lowest BCUT2D eigenvalue weighted by Gasteiger charge is -2.21. The minimum atomic E-state index is -4.96. The number of unbranched alkanes of at least 4 members (excludes halogenated alkanes) is 43. The van der Waals surface area contributed by atoms with Crippen molar-refractivity contribution in [2.75, 3.05) is 39.6 Å². The standard InChI is InChI=1S/C78H152O17P2/c1-8-10-11-12-13-14-15-16-21-25-28-31-38-45-52-59-75(80)88-65-73(94-77(82)61-54-47-39-32-29-26-23-20-18-17-19-22-24-27-30-37-44-51-58-71(7)9-2)67-92-96(84,85)90-63-72(79)64-91-97(86,87)93-68-74(95-78(83)62-55-48-41-34-36-43-50-57-70(5)6)66-89-76(81)60-53-46-40-33-35-42-49-56-69(3)4/h69-74,79H,8-68H2,1-7H3,(H,84,85)(H,86,87)/t71?,72-,73-,74-/m1/s1. The summed E-state index contributed by atoms with van der Waals surface area (Å²) in [5.74, 6) is 0.153. The van der Waals surface area contributed by atoms with E-state index in [0.717, 1.165) is 102 Å². The first kappa shape index (κ1) is 95.1. The first-order chi connectivity index (χ1) is 46.8. The van der Waals surface area contributed by atoms with Crippen molar-refractivity contribution in [2.24, 2.45) is 17.8 Å². The average molecular weight is 1420 g/mol. The van der Waals surface area contributed by atoms with Crippen LogP contribution >= 0.6 is 15.6 Å². The van der Waals surface area contributed by atoms with Crippen molar-refractivity contribution in [3.8, 4) is 0 Å². The Kier molecular flexibility index (Phi) is 67.1. The van der Waals surface area contributed by atoms with Gasteiger partial charge in [-0.15, -0.1) is 0 Å². The van der Waals surface area contributed by atoms with Crippen LogP contribution in [-0.2, 0) is 65.4 Å². The zero-order valence-corrected chi connectivity index (χ0v) is 65.3. The SMILES string of the molecule is CCCCCCCCCCCCCCCCCC(=O)OC[C@H](COP(=O)(O)OC[C@@H](O)COP(=O)(O)OC[C@@H](COC(=O)CCCCCCCCCC(C)C)OC(=O)CCCCCCCCCC(C)C)OC(=O)CCCCCCCCCCCCCCCCCCCCC(C)CC. The van der Waals surface area contributed by atoms with Gasteiger partial charge in [-0.3, -0.25) is 37.3 Å². The Morgan fingerprint density at radius 1 is 0.299 bits per heavy atom. The molecule has 0 saturated carbocycles. The Balaban J connectivity index is 5.19. The van der Waals surface area contributed by atoms with Crippen molar-refractivity contribution in [1.29, 1.82) is 0 Å². The van der Waals surface area contributed by atoms with Crippen molar-refractivity contribution < 1.29 is 80.2 Å². The summed E-state index contributed by atoms with van der Waals surface area (Å²) >= 11 is 0. The van der Waals surface area contributed by atoms with Crippen LogP contribution in [0.2, 0.25) is 0 Å². The molecule has 0 aliphatic carbocycles. The van der Waals surface area contributed by atoms with E-state index in [9.17, 15) is 43.2 Å². The topological polar surface area (TPSA) is 237 Å². The summed E-state index contributed by atoms with van der Waals surface area (Å²) in [7, 11) is -9.91. The van der Waals surface area contributed by atoms with Gasteiger partial charge >= 0.3 is 39.5 Å². The van der Waals surface area contributed by atoms with Crippen molar-refractivity contribution >= 4 is 39.5 Å². The molecule has 0 aliphatic rings. The van der Waals surface area contributed by atoms with Crippen molar-refractivity contribution in [1.82, 2.24) is 0 Å². The molecule has 576 valence electrons. The number of aliphatic hydroxyl groups is 1. The van der Waals surface area contributed by atoms with Crippen LogP contribution in [0.5, 0.6) is 0 Å². The van der Waals surface area contributed by atoms with Crippen LogP contribution in [0.15, 0.2) is 0 Å². The van der Waals surface area contributed by atoms with Crippen molar-refractivity contribution in [2.45, 2.75) is 420 Å². The van der Waals surface area contributed by atoms with Crippen LogP contribution in [0.3, 0.4) is 0 Å². The van der Waals surface area contributed by atoms with Gasteiger partial charge in [-0.05, 0) is 43.4 Å². The van der Waals surface area contributed by atoms with Crippen LogP contribution in [0, 0.1) is 17.8 Å². The number of esters is 4. The van der Waals surface area contributed by atoms with E-state index in [4.69, 9.17) is 37.0 Å². The minimum Gasteiger partial charge on any atom is -0.462 e. The Labute approximate surface area is 594 Å². The van der Waals surface area contributed by atoms with Crippen molar-refractivity contribution in [3.63, 3.8) is 0 Å². The third-order valence-corrected chi connectivity index (χ3v) is 20.4. The zero-order valence-electron chi connectivity index (χ0n) is 63.5. The molecule has 0 aromatic carbocycles. The van der Waals surface area contributed by atoms with Gasteiger partial charge in [0, 0.05) is 25.7 Å². The molecular weight excluding hydrogens is 1270 g/mol. The average Bonchev–Trinajstić information content (AvgIpc) is 2.07. The second kappa shape index (κ2) is 68.5. The van der Waals surface area contributed by atoms with Gasteiger partial charge in [0.05, 0.1) is 26.4 Å². The quantitative estimate of drug-likeness (QED) is 0.0222. The molecule has 0 saturated heterocycles. The van der Waals surface area contributed by atoms with E-state index in [-0.39, 0.29) is 25.7 Å². The number of carbonyl (C=O) groups excluding carboxylic acids is 4. The molecule has 0 radical (unpaired) electrons. The van der Waals surface area contributed by atoms with Gasteiger partial charge in [-0.25, -0.2) is 9.13 Å². The predicted octanol–water partition coefficient (Wildman–Crippen LogP) is 23.0. The van der Waals surface area contributed by atoms with E-state index in [1.807, 2.05) is 0 Å². The van der Waals surface area contributed by atoms with Gasteiger partial charge in [-0.2, -0.15) is 0 Å². The van der Waals surface area contributed by atoms with E-state index < -0.39 is 97.5 Å². The van der Waals surface area contributed by atoms with E-state index in [2.05, 4.69) is 48.5 Å². The number of phosphoric ester groups is 2. The molecule has 0 spiro atoms. The Morgan fingerprint density at radius 2 is 0.526 bits per heavy atom. The fourth-order valence-electron chi connectivity index (χ4n) is 11.9. The summed E-state index contributed by atoms with van der Waals surface area (Å²) in [4.78, 5) is 72.8. The van der Waals surface area contributed by atoms with Gasteiger partial charge in [0.25, 0.3) is 0 Å². The lowest BCUT2D eigenvalue weighted by molar-refractivity contribution is -0.161. The maximum atomic E-state index is 13.1. The largest absolute Gasteiger partial charge is 0.472 e. The summed E-state index contributed by atoms with van der Waals surface area (Å²) in [6.07, 6.45) is 55.8. The molecule has 0 aromatic rings. The van der Waals surface area contributed by atoms with E-state index >= 15 is 0 Å². The van der Waals surface area contributed by atoms with Crippen LogP contribution in [-0.4, -0.2) is 96.7 Å². The molecule has 0 amide bonds. The fraction of sp³-hybridized carbons (Fsp3) is 0.949. The number of hydrogen-bond acceptors (Lipinski definition) is 15. The molecule has 0 heterocycles. The first-order valence-corrected chi connectivity index (χ1v) is 43.4. The monoisotopic (exact) mass is 1420 g/mol. The number of carbonyl (C=O) groups is 4. The van der Waals surface area contributed by atoms with Crippen LogP contribution in [0.25, 0.3) is 0 Å². The molecule has 3 unspecified atom stereocenters. The van der Waals surface area contributed by atoms with Gasteiger partial charge in [0.1, 0.15) is 19.3 Å². The zero-order chi connectivity index (χ0) is 71.6. The Bertz CT molecular complexity index is 1890. The minimum absolute atomic E-state index is 0.103. The van der Waals surface area contributed by atoms with Gasteiger partial charge in [0.15, 0.2) is 12.2 Å². The highest BCUT2D eigenvalue weighted by molar-refractivity contribution is 7.47. The molecule has 0 bridgehead atoms. The summed E-state index contributed by atoms with van der Waals surface area (Å²) in [6.45, 7) is 11.9. The normalized spacial score (nSPS) is 14.3. The highest BCUT2D eigenvalue weighted by Gasteiger charge is 2.30. The molecule has 0 fully saturated rings. The first-order valence-electron chi connectivity index (χ1n) is 40.4. The maximum absolute atomic E-state index is 13.1. The summed E-state index contributed by atoms with van der Waals surface area (Å²) in [5, 5.41) is 10.6. The number of aliphatic hydroxyl groups excluding tert-OH is 1. The summed E-state index contributed by atoms with van der Waals surface area (Å²) in [6, 6.07) is 0. The smallest absolute Gasteiger partial charge is 0.462 e. The van der Waals surface area contributed by atoms with Crippen LogP contribution < -0.4 is 0 Å². The summed E-state index contributed by atoms with van der Waals surface area (Å²) in [5.41, 5.74) is 0. The Morgan fingerprint density at radius 3 is 0.784 bits per heavy atom. The molecular formula is C78H152O17P2. The van der Waals surface area contributed by atoms with E-state index in [1.54, 1.807) is 0 Å². The second-order valence-electron chi connectivity index (χ2n) is 29.3. The van der Waals surface area contributed by atoms with Gasteiger partial charge < -0.3 is 33.8 Å². The van der Waals surface area contributed by atoms with Crippen molar-refractivity contribution in [3.05, 3.63) is 0 Å². The molecule has 0 rings (SSSR count). The van der Waals surface area contributed by atoms with E-state index in [0.29, 0.717) is 37.5 Å².